The molecule has 0 radical (unpaired) electrons. The summed E-state index contributed by atoms with van der Waals surface area (Å²) in [6.07, 6.45) is 5.43. The van der Waals surface area contributed by atoms with Crippen LogP contribution in [0.25, 0.3) is 0 Å². The van der Waals surface area contributed by atoms with E-state index in [0.29, 0.717) is 4.80 Å². The van der Waals surface area contributed by atoms with Crippen molar-refractivity contribution >= 4 is 17.0 Å². The minimum Gasteiger partial charge on any atom is -0.321 e. The van der Waals surface area contributed by atoms with Gasteiger partial charge in [-0.3, -0.25) is 15.5 Å². The zero-order valence-electron chi connectivity index (χ0n) is 11.7. The normalized spacial score (nSPS) is 13.9. The minimum atomic E-state index is -0.379. The number of hydrogen-bond acceptors (Lipinski definition) is 4. The lowest BCUT2D eigenvalue weighted by Crippen LogP contribution is -2.18. The molecular formula is C15H17N3O2S. The molecule has 1 aromatic heterocycles. The summed E-state index contributed by atoms with van der Waals surface area (Å²) in [6, 6.07) is 6.71. The Morgan fingerprint density at radius 3 is 2.67 bits per heavy atom. The maximum Gasteiger partial charge on any atom is 0.269 e. The largest absolute Gasteiger partial charge is 0.321 e. The molecule has 1 aliphatic rings. The average Bonchev–Trinajstić information content (AvgIpc) is 2.81. The second-order valence-electron chi connectivity index (χ2n) is 5.31. The molecule has 0 bridgehead atoms. The topological polar surface area (TPSA) is 71.9 Å². The third-order valence-corrected chi connectivity index (χ3v) is 5.05. The number of non-ortho nitro benzene ring substituents is 1. The van der Waals surface area contributed by atoms with Gasteiger partial charge in [-0.25, -0.2) is 0 Å². The molecule has 5 nitrogen and oxygen atoms in total. The molecule has 3 rings (SSSR count). The quantitative estimate of drug-likeness (QED) is 0.696. The molecule has 0 atom stereocenters. The highest BCUT2D eigenvalue weighted by atomic mass is 32.1. The number of rotatable bonds is 4. The van der Waals surface area contributed by atoms with Crippen LogP contribution in [-0.4, -0.2) is 9.49 Å². The summed E-state index contributed by atoms with van der Waals surface area (Å²) in [5, 5.41) is 18.8. The predicted molar refractivity (Wildman–Crippen MR) is 81.6 cm³/mol. The van der Waals surface area contributed by atoms with Crippen molar-refractivity contribution in [3.05, 3.63) is 55.3 Å². The second kappa shape index (κ2) is 5.81. The Hall–Kier alpha value is -1.95. The standard InChI is InChI=1S/C15H17N3O2S/c16-15-17(13-3-1-2-4-14(13)21-15)10-9-11-5-7-12(8-6-11)18(19)20/h5-8,16H,1-4,9-10H2. The van der Waals surface area contributed by atoms with E-state index in [1.165, 1.54) is 23.4 Å². The monoisotopic (exact) mass is 303 g/mol. The highest BCUT2D eigenvalue weighted by molar-refractivity contribution is 7.09. The van der Waals surface area contributed by atoms with Gasteiger partial charge in [0.1, 0.15) is 0 Å². The molecule has 1 aliphatic carbocycles. The fourth-order valence-corrected chi connectivity index (χ4v) is 3.93. The van der Waals surface area contributed by atoms with Crippen LogP contribution in [0, 0.1) is 15.5 Å². The molecule has 6 heteroatoms. The molecule has 1 heterocycles. The number of hydrogen-bond donors (Lipinski definition) is 1. The van der Waals surface area contributed by atoms with E-state index in [9.17, 15) is 10.1 Å². The first kappa shape index (κ1) is 14.0. The molecule has 0 unspecified atom stereocenters. The summed E-state index contributed by atoms with van der Waals surface area (Å²) in [6.45, 7) is 0.780. The number of aromatic nitrogens is 1. The van der Waals surface area contributed by atoms with Crippen LogP contribution < -0.4 is 4.80 Å². The first-order chi connectivity index (χ1) is 10.1. The average molecular weight is 303 g/mol. The van der Waals surface area contributed by atoms with E-state index in [-0.39, 0.29) is 10.6 Å². The summed E-state index contributed by atoms with van der Waals surface area (Å²) in [7, 11) is 0. The third kappa shape index (κ3) is 2.90. The van der Waals surface area contributed by atoms with Gasteiger partial charge in [0.05, 0.1) is 4.92 Å². The number of aryl methyl sites for hydroxylation is 2. The minimum absolute atomic E-state index is 0.125. The Bertz CT molecular complexity index is 716. The van der Waals surface area contributed by atoms with Gasteiger partial charge in [-0.15, -0.1) is 11.3 Å². The van der Waals surface area contributed by atoms with Gasteiger partial charge in [-0.1, -0.05) is 12.1 Å². The Balaban J connectivity index is 1.74. The second-order valence-corrected chi connectivity index (χ2v) is 6.39. The van der Waals surface area contributed by atoms with Crippen LogP contribution in [0.1, 0.15) is 29.0 Å². The molecule has 0 saturated carbocycles. The zero-order valence-corrected chi connectivity index (χ0v) is 12.5. The summed E-state index contributed by atoms with van der Waals surface area (Å²) in [4.78, 5) is 12.3. The van der Waals surface area contributed by atoms with Crippen molar-refractivity contribution in [3.8, 4) is 0 Å². The number of fused-ring (bicyclic) bond motifs is 1. The molecule has 110 valence electrons. The highest BCUT2D eigenvalue weighted by Gasteiger charge is 2.16. The van der Waals surface area contributed by atoms with Crippen LogP contribution in [0.4, 0.5) is 5.69 Å². The van der Waals surface area contributed by atoms with Crippen molar-refractivity contribution in [1.82, 2.24) is 4.57 Å². The van der Waals surface area contributed by atoms with Gasteiger partial charge in [-0.2, -0.15) is 0 Å². The van der Waals surface area contributed by atoms with Gasteiger partial charge in [-0.05, 0) is 37.7 Å². The number of nitro benzene ring substituents is 1. The maximum atomic E-state index is 10.6. The van der Waals surface area contributed by atoms with Crippen molar-refractivity contribution in [2.75, 3.05) is 0 Å². The molecule has 0 saturated heterocycles. The van der Waals surface area contributed by atoms with Gasteiger partial charge in [0.2, 0.25) is 0 Å². The van der Waals surface area contributed by atoms with Crippen LogP contribution in [-0.2, 0) is 25.8 Å². The first-order valence-electron chi connectivity index (χ1n) is 7.14. The lowest BCUT2D eigenvalue weighted by Gasteiger charge is -2.14. The zero-order chi connectivity index (χ0) is 14.8. The van der Waals surface area contributed by atoms with Gasteiger partial charge in [0.15, 0.2) is 4.80 Å². The Morgan fingerprint density at radius 2 is 1.95 bits per heavy atom. The molecule has 2 aromatic rings. The molecule has 0 amide bonds. The lowest BCUT2D eigenvalue weighted by atomic mass is 10.0. The summed E-state index contributed by atoms with van der Waals surface area (Å²) in [5.74, 6) is 0. The summed E-state index contributed by atoms with van der Waals surface area (Å²) < 4.78 is 2.11. The molecule has 21 heavy (non-hydrogen) atoms. The van der Waals surface area contributed by atoms with Crippen molar-refractivity contribution in [2.24, 2.45) is 0 Å². The van der Waals surface area contributed by atoms with Crippen molar-refractivity contribution in [3.63, 3.8) is 0 Å². The van der Waals surface area contributed by atoms with Crippen LogP contribution in [0.5, 0.6) is 0 Å². The van der Waals surface area contributed by atoms with Crippen LogP contribution in [0.3, 0.4) is 0 Å². The van der Waals surface area contributed by atoms with Gasteiger partial charge in [0.25, 0.3) is 5.69 Å². The fourth-order valence-electron chi connectivity index (χ4n) is 2.81. The van der Waals surface area contributed by atoms with E-state index in [2.05, 4.69) is 4.57 Å². The number of benzene rings is 1. The summed E-state index contributed by atoms with van der Waals surface area (Å²) >= 11 is 1.60. The molecular weight excluding hydrogens is 286 g/mol. The van der Waals surface area contributed by atoms with E-state index < -0.39 is 0 Å². The number of thiazole rings is 1. The highest BCUT2D eigenvalue weighted by Crippen LogP contribution is 2.23. The van der Waals surface area contributed by atoms with Crippen molar-refractivity contribution in [2.45, 2.75) is 38.6 Å². The molecule has 0 fully saturated rings. The SMILES string of the molecule is N=c1sc2c(n1CCc1ccc([N+](=O)[O-])cc1)CCCC2. The predicted octanol–water partition coefficient (Wildman–Crippen LogP) is 3.06. The Kier molecular flexibility index (Phi) is 3.88. The molecule has 1 aromatic carbocycles. The first-order valence-corrected chi connectivity index (χ1v) is 7.96. The van der Waals surface area contributed by atoms with Crippen LogP contribution in [0.15, 0.2) is 24.3 Å². The van der Waals surface area contributed by atoms with E-state index >= 15 is 0 Å². The Morgan fingerprint density at radius 1 is 1.24 bits per heavy atom. The van der Waals surface area contributed by atoms with Crippen molar-refractivity contribution < 1.29 is 4.92 Å². The van der Waals surface area contributed by atoms with E-state index in [4.69, 9.17) is 5.41 Å². The molecule has 0 aliphatic heterocycles. The van der Waals surface area contributed by atoms with Gasteiger partial charge < -0.3 is 4.57 Å². The van der Waals surface area contributed by atoms with Crippen LogP contribution in [0.2, 0.25) is 0 Å². The number of nitro groups is 1. The van der Waals surface area contributed by atoms with Gasteiger partial charge in [0, 0.05) is 29.2 Å². The van der Waals surface area contributed by atoms with Crippen molar-refractivity contribution in [1.29, 1.82) is 5.41 Å². The maximum absolute atomic E-state index is 10.6. The van der Waals surface area contributed by atoms with E-state index in [1.54, 1.807) is 35.6 Å². The number of nitrogens with one attached hydrogen (secondary N) is 1. The van der Waals surface area contributed by atoms with Gasteiger partial charge >= 0.3 is 0 Å². The lowest BCUT2D eigenvalue weighted by molar-refractivity contribution is -0.384. The fraction of sp³-hybridized carbons (Fsp3) is 0.400. The van der Waals surface area contributed by atoms with Crippen LogP contribution >= 0.6 is 11.3 Å². The third-order valence-electron chi connectivity index (χ3n) is 3.95. The molecule has 0 spiro atoms. The van der Waals surface area contributed by atoms with E-state index in [0.717, 1.165) is 31.4 Å². The Labute approximate surface area is 126 Å². The summed E-state index contributed by atoms with van der Waals surface area (Å²) in [5.41, 5.74) is 2.53. The smallest absolute Gasteiger partial charge is 0.269 e. The number of nitrogens with zero attached hydrogens (tertiary/aromatic N) is 2. The van der Waals surface area contributed by atoms with E-state index in [1.807, 2.05) is 0 Å². The molecule has 1 N–H and O–H groups in total.